The van der Waals surface area contributed by atoms with E-state index in [0.717, 1.165) is 27.3 Å². The van der Waals surface area contributed by atoms with E-state index in [1.165, 1.54) is 0 Å². The number of amides is 1. The Balaban J connectivity index is 2.48. The first-order valence-electron chi connectivity index (χ1n) is 8.68. The Labute approximate surface area is 166 Å². The molecule has 5 nitrogen and oxygen atoms in total. The number of anilines is 2. The Kier molecular flexibility index (Phi) is 6.54. The molecular weight excluding hydrogens is 384 g/mol. The molecule has 0 aromatic heterocycles. The minimum absolute atomic E-state index is 0.315. The van der Waals surface area contributed by atoms with Crippen molar-refractivity contribution in [3.63, 3.8) is 0 Å². The zero-order valence-electron chi connectivity index (χ0n) is 16.2. The van der Waals surface area contributed by atoms with Gasteiger partial charge in [0.2, 0.25) is 15.9 Å². The minimum Gasteiger partial charge on any atom is -0.324 e. The van der Waals surface area contributed by atoms with Gasteiger partial charge in [0.1, 0.15) is 6.04 Å². The van der Waals surface area contributed by atoms with Gasteiger partial charge in [-0.2, -0.15) is 0 Å². The quantitative estimate of drug-likeness (QED) is 0.767. The predicted octanol–water partition coefficient (Wildman–Crippen LogP) is 4.45. The summed E-state index contributed by atoms with van der Waals surface area (Å²) < 4.78 is 26.3. The molecule has 0 bridgehead atoms. The van der Waals surface area contributed by atoms with E-state index in [1.54, 1.807) is 32.0 Å². The zero-order chi connectivity index (χ0) is 20.4. The van der Waals surface area contributed by atoms with Crippen molar-refractivity contribution in [3.05, 3.63) is 58.1 Å². The van der Waals surface area contributed by atoms with Crippen LogP contribution in [0.4, 0.5) is 11.4 Å². The van der Waals surface area contributed by atoms with Gasteiger partial charge in [-0.25, -0.2) is 8.42 Å². The van der Waals surface area contributed by atoms with Crippen molar-refractivity contribution >= 4 is 38.9 Å². The van der Waals surface area contributed by atoms with Crippen molar-refractivity contribution in [2.24, 2.45) is 0 Å². The van der Waals surface area contributed by atoms with Crippen molar-refractivity contribution < 1.29 is 13.2 Å². The molecule has 2 aromatic rings. The molecule has 0 fully saturated rings. The average Bonchev–Trinajstić information content (AvgIpc) is 2.57. The van der Waals surface area contributed by atoms with Crippen LogP contribution in [0.3, 0.4) is 0 Å². The number of carbonyl (C=O) groups excluding carboxylic acids is 1. The standard InChI is InChI=1S/C20H25ClN2O3S/c1-6-18(20(24)22-17-11-13(2)7-8-14(17)3)23(27(5,25)26)19-12-16(21)10-9-15(19)4/h7-12,18H,6H2,1-5H3,(H,22,24)/t18-/m0/s1. The highest BCUT2D eigenvalue weighted by molar-refractivity contribution is 7.92. The molecule has 0 aliphatic rings. The second kappa shape index (κ2) is 8.31. The SMILES string of the molecule is CC[C@@H](C(=O)Nc1cc(C)ccc1C)N(c1cc(Cl)ccc1C)S(C)(=O)=O. The summed E-state index contributed by atoms with van der Waals surface area (Å²) in [5.41, 5.74) is 3.73. The molecule has 0 spiro atoms. The monoisotopic (exact) mass is 408 g/mol. The summed E-state index contributed by atoms with van der Waals surface area (Å²) in [6.45, 7) is 7.40. The van der Waals surface area contributed by atoms with Gasteiger partial charge in [-0.1, -0.05) is 36.7 Å². The van der Waals surface area contributed by atoms with E-state index in [9.17, 15) is 13.2 Å². The van der Waals surface area contributed by atoms with Crippen LogP contribution in [-0.4, -0.2) is 26.6 Å². The average molecular weight is 409 g/mol. The molecule has 1 amide bonds. The molecule has 0 aliphatic heterocycles. The van der Waals surface area contributed by atoms with E-state index in [-0.39, 0.29) is 5.91 Å². The number of hydrogen-bond donors (Lipinski definition) is 1. The summed E-state index contributed by atoms with van der Waals surface area (Å²) in [7, 11) is -3.71. The first-order chi connectivity index (χ1) is 12.5. The van der Waals surface area contributed by atoms with E-state index < -0.39 is 16.1 Å². The first kappa shape index (κ1) is 21.3. The Morgan fingerprint density at radius 3 is 2.33 bits per heavy atom. The lowest BCUT2D eigenvalue weighted by Gasteiger charge is -2.31. The highest BCUT2D eigenvalue weighted by Gasteiger charge is 2.32. The maximum atomic E-state index is 13.0. The maximum absolute atomic E-state index is 13.0. The van der Waals surface area contributed by atoms with Gasteiger partial charge in [0.25, 0.3) is 0 Å². The van der Waals surface area contributed by atoms with Gasteiger partial charge in [-0.15, -0.1) is 0 Å². The molecule has 27 heavy (non-hydrogen) atoms. The predicted molar refractivity (Wildman–Crippen MR) is 112 cm³/mol. The second-order valence-electron chi connectivity index (χ2n) is 6.72. The fourth-order valence-electron chi connectivity index (χ4n) is 2.94. The summed E-state index contributed by atoms with van der Waals surface area (Å²) in [6, 6.07) is 9.86. The molecule has 146 valence electrons. The third-order valence-electron chi connectivity index (χ3n) is 4.39. The summed E-state index contributed by atoms with van der Waals surface area (Å²) >= 11 is 6.08. The molecule has 2 aromatic carbocycles. The van der Waals surface area contributed by atoms with Gasteiger partial charge in [0, 0.05) is 10.7 Å². The number of hydrogen-bond acceptors (Lipinski definition) is 3. The number of carbonyl (C=O) groups is 1. The highest BCUT2D eigenvalue weighted by Crippen LogP contribution is 2.30. The molecule has 0 saturated heterocycles. The van der Waals surface area contributed by atoms with Crippen LogP contribution in [0.15, 0.2) is 36.4 Å². The van der Waals surface area contributed by atoms with E-state index in [4.69, 9.17) is 11.6 Å². The van der Waals surface area contributed by atoms with Gasteiger partial charge < -0.3 is 5.32 Å². The van der Waals surface area contributed by atoms with Crippen molar-refractivity contribution in [3.8, 4) is 0 Å². The van der Waals surface area contributed by atoms with Gasteiger partial charge in [0.15, 0.2) is 0 Å². The highest BCUT2D eigenvalue weighted by atomic mass is 35.5. The second-order valence-corrected chi connectivity index (χ2v) is 9.02. The fourth-order valence-corrected chi connectivity index (χ4v) is 4.37. The Bertz CT molecular complexity index is 958. The smallest absolute Gasteiger partial charge is 0.248 e. The zero-order valence-corrected chi connectivity index (χ0v) is 17.8. The van der Waals surface area contributed by atoms with Crippen LogP contribution in [-0.2, 0) is 14.8 Å². The number of aryl methyl sites for hydroxylation is 3. The molecule has 0 heterocycles. The third kappa shape index (κ3) is 5.02. The van der Waals surface area contributed by atoms with E-state index >= 15 is 0 Å². The van der Waals surface area contributed by atoms with Gasteiger partial charge >= 0.3 is 0 Å². The number of rotatable bonds is 6. The van der Waals surface area contributed by atoms with Crippen molar-refractivity contribution in [2.75, 3.05) is 15.9 Å². The van der Waals surface area contributed by atoms with Crippen LogP contribution in [0.2, 0.25) is 5.02 Å². The topological polar surface area (TPSA) is 66.5 Å². The number of sulfonamides is 1. The molecule has 0 radical (unpaired) electrons. The summed E-state index contributed by atoms with van der Waals surface area (Å²) in [4.78, 5) is 13.0. The Morgan fingerprint density at radius 1 is 1.11 bits per heavy atom. The molecule has 0 saturated carbocycles. The number of halogens is 1. The van der Waals surface area contributed by atoms with Crippen LogP contribution >= 0.6 is 11.6 Å². The minimum atomic E-state index is -3.71. The number of nitrogens with zero attached hydrogens (tertiary/aromatic N) is 1. The van der Waals surface area contributed by atoms with E-state index in [1.807, 2.05) is 32.0 Å². The van der Waals surface area contributed by atoms with Crippen LogP contribution in [0, 0.1) is 20.8 Å². The lowest BCUT2D eigenvalue weighted by atomic mass is 10.1. The summed E-state index contributed by atoms with van der Waals surface area (Å²) in [6.07, 6.45) is 1.41. The Morgan fingerprint density at radius 2 is 1.74 bits per heavy atom. The van der Waals surface area contributed by atoms with Gasteiger partial charge in [0.05, 0.1) is 11.9 Å². The fraction of sp³-hybridized carbons (Fsp3) is 0.350. The molecule has 7 heteroatoms. The van der Waals surface area contributed by atoms with Crippen LogP contribution in [0.1, 0.15) is 30.0 Å². The molecular formula is C20H25ClN2O3S. The lowest BCUT2D eigenvalue weighted by Crippen LogP contribution is -2.47. The van der Waals surface area contributed by atoms with Crippen molar-refractivity contribution in [2.45, 2.75) is 40.2 Å². The molecule has 0 unspecified atom stereocenters. The van der Waals surface area contributed by atoms with Crippen molar-refractivity contribution in [1.29, 1.82) is 0 Å². The molecule has 2 rings (SSSR count). The lowest BCUT2D eigenvalue weighted by molar-refractivity contribution is -0.117. The number of benzene rings is 2. The molecule has 1 N–H and O–H groups in total. The maximum Gasteiger partial charge on any atom is 0.248 e. The van der Waals surface area contributed by atoms with Gasteiger partial charge in [-0.05, 0) is 62.1 Å². The van der Waals surface area contributed by atoms with Crippen LogP contribution in [0.25, 0.3) is 0 Å². The van der Waals surface area contributed by atoms with E-state index in [2.05, 4.69) is 5.32 Å². The first-order valence-corrected chi connectivity index (χ1v) is 10.9. The van der Waals surface area contributed by atoms with Crippen LogP contribution in [0.5, 0.6) is 0 Å². The summed E-state index contributed by atoms with van der Waals surface area (Å²) in [5.74, 6) is -0.379. The van der Waals surface area contributed by atoms with E-state index in [0.29, 0.717) is 22.8 Å². The largest absolute Gasteiger partial charge is 0.324 e. The molecule has 0 aliphatic carbocycles. The van der Waals surface area contributed by atoms with Crippen molar-refractivity contribution in [1.82, 2.24) is 0 Å². The Hall–Kier alpha value is -2.05. The third-order valence-corrected chi connectivity index (χ3v) is 5.79. The molecule has 1 atom stereocenters. The van der Waals surface area contributed by atoms with Crippen LogP contribution < -0.4 is 9.62 Å². The number of nitrogens with one attached hydrogen (secondary N) is 1. The van der Waals surface area contributed by atoms with Gasteiger partial charge in [-0.3, -0.25) is 9.10 Å². The normalized spacial score (nSPS) is 12.5. The summed E-state index contributed by atoms with van der Waals surface area (Å²) in [5, 5.41) is 3.29.